The van der Waals surface area contributed by atoms with E-state index < -0.39 is 0 Å². The van der Waals surface area contributed by atoms with Crippen LogP contribution in [-0.2, 0) is 0 Å². The van der Waals surface area contributed by atoms with E-state index >= 15 is 0 Å². The first-order valence-corrected chi connectivity index (χ1v) is 6.47. The molecular formula is C11H12Br2FNO. The summed E-state index contributed by atoms with van der Waals surface area (Å²) in [6.45, 7) is 2.56. The van der Waals surface area contributed by atoms with Crippen molar-refractivity contribution in [2.75, 3.05) is 13.6 Å². The number of alkyl halides is 1. The Morgan fingerprint density at radius 1 is 1.56 bits per heavy atom. The first kappa shape index (κ1) is 13.6. The zero-order chi connectivity index (χ0) is 12.3. The van der Waals surface area contributed by atoms with Gasteiger partial charge >= 0.3 is 0 Å². The highest BCUT2D eigenvalue weighted by Crippen LogP contribution is 2.19. The molecule has 0 spiro atoms. The van der Waals surface area contributed by atoms with E-state index in [2.05, 4.69) is 31.9 Å². The van der Waals surface area contributed by atoms with Crippen LogP contribution in [0.4, 0.5) is 4.39 Å². The Labute approximate surface area is 111 Å². The van der Waals surface area contributed by atoms with E-state index in [1.807, 2.05) is 6.92 Å². The molecule has 0 N–H and O–H groups in total. The number of benzene rings is 1. The number of rotatable bonds is 3. The summed E-state index contributed by atoms with van der Waals surface area (Å²) in [7, 11) is 1.72. The first-order valence-electron chi connectivity index (χ1n) is 4.76. The summed E-state index contributed by atoms with van der Waals surface area (Å²) in [5.74, 6) is -0.488. The van der Waals surface area contributed by atoms with Crippen molar-refractivity contribution in [3.05, 3.63) is 34.1 Å². The van der Waals surface area contributed by atoms with Crippen LogP contribution >= 0.6 is 31.9 Å². The van der Waals surface area contributed by atoms with Crippen molar-refractivity contribution >= 4 is 37.8 Å². The second-order valence-corrected chi connectivity index (χ2v) is 6.01. The fourth-order valence-electron chi connectivity index (χ4n) is 1.33. The van der Waals surface area contributed by atoms with E-state index in [9.17, 15) is 9.18 Å². The maximum Gasteiger partial charge on any atom is 0.254 e. The first-order chi connectivity index (χ1) is 7.41. The molecule has 0 saturated carbocycles. The lowest BCUT2D eigenvalue weighted by molar-refractivity contribution is 0.0796. The SMILES string of the molecule is CC(Br)CN(C)C(=O)c1ccc(F)cc1Br. The maximum atomic E-state index is 12.9. The fourth-order valence-corrected chi connectivity index (χ4v) is 2.28. The highest BCUT2D eigenvalue weighted by molar-refractivity contribution is 9.10. The fraction of sp³-hybridized carbons (Fsp3) is 0.364. The molecule has 0 bridgehead atoms. The van der Waals surface area contributed by atoms with Gasteiger partial charge in [0.15, 0.2) is 0 Å². The van der Waals surface area contributed by atoms with E-state index in [1.165, 1.54) is 18.2 Å². The summed E-state index contributed by atoms with van der Waals surface area (Å²) in [5, 5.41) is 0. The van der Waals surface area contributed by atoms with E-state index in [0.717, 1.165) is 0 Å². The number of hydrogen-bond donors (Lipinski definition) is 0. The van der Waals surface area contributed by atoms with Crippen molar-refractivity contribution in [1.82, 2.24) is 4.90 Å². The van der Waals surface area contributed by atoms with Crippen LogP contribution in [0.2, 0.25) is 0 Å². The average molecular weight is 353 g/mol. The van der Waals surface area contributed by atoms with Gasteiger partial charge in [0.2, 0.25) is 0 Å². The normalized spacial score (nSPS) is 12.3. The number of carbonyl (C=O) groups excluding carboxylic acids is 1. The summed E-state index contributed by atoms with van der Waals surface area (Å²) < 4.78 is 13.3. The average Bonchev–Trinajstić information content (AvgIpc) is 2.15. The van der Waals surface area contributed by atoms with Crippen molar-refractivity contribution in [1.29, 1.82) is 0 Å². The minimum absolute atomic E-state index is 0.127. The van der Waals surface area contributed by atoms with Crippen LogP contribution in [0.1, 0.15) is 17.3 Å². The molecule has 0 fully saturated rings. The third-order valence-electron chi connectivity index (χ3n) is 2.03. The maximum absolute atomic E-state index is 12.9. The van der Waals surface area contributed by atoms with Gasteiger partial charge in [0.25, 0.3) is 5.91 Å². The van der Waals surface area contributed by atoms with Gasteiger partial charge in [-0.15, -0.1) is 0 Å². The Morgan fingerprint density at radius 3 is 2.69 bits per heavy atom. The third kappa shape index (κ3) is 3.56. The summed E-state index contributed by atoms with van der Waals surface area (Å²) in [6.07, 6.45) is 0. The molecule has 1 unspecified atom stereocenters. The minimum Gasteiger partial charge on any atom is -0.341 e. The Bertz CT molecular complexity index is 396. The lowest BCUT2D eigenvalue weighted by Crippen LogP contribution is -2.31. The van der Waals surface area contributed by atoms with Crippen LogP contribution in [0.25, 0.3) is 0 Å². The molecule has 1 atom stereocenters. The van der Waals surface area contributed by atoms with E-state index in [-0.39, 0.29) is 16.6 Å². The van der Waals surface area contributed by atoms with Gasteiger partial charge in [-0.1, -0.05) is 22.9 Å². The van der Waals surface area contributed by atoms with Gasteiger partial charge in [0.05, 0.1) is 5.56 Å². The standard InChI is InChI=1S/C11H12Br2FNO/c1-7(12)6-15(2)11(16)9-4-3-8(14)5-10(9)13/h3-5,7H,6H2,1-2H3. The Morgan fingerprint density at radius 2 is 2.19 bits per heavy atom. The quantitative estimate of drug-likeness (QED) is 0.763. The smallest absolute Gasteiger partial charge is 0.254 e. The Balaban J connectivity index is 2.88. The van der Waals surface area contributed by atoms with Gasteiger partial charge in [-0.2, -0.15) is 0 Å². The summed E-state index contributed by atoms with van der Waals surface area (Å²) in [6, 6.07) is 4.05. The number of carbonyl (C=O) groups is 1. The molecule has 2 nitrogen and oxygen atoms in total. The Hall–Kier alpha value is -0.420. The molecule has 0 aliphatic rings. The molecule has 5 heteroatoms. The molecule has 16 heavy (non-hydrogen) atoms. The third-order valence-corrected chi connectivity index (χ3v) is 2.98. The molecular weight excluding hydrogens is 341 g/mol. The lowest BCUT2D eigenvalue weighted by Gasteiger charge is -2.19. The van der Waals surface area contributed by atoms with Crippen LogP contribution < -0.4 is 0 Å². The molecule has 0 aliphatic heterocycles. The van der Waals surface area contributed by atoms with Crippen molar-refractivity contribution in [3.63, 3.8) is 0 Å². The number of halogens is 3. The van der Waals surface area contributed by atoms with Crippen LogP contribution in [-0.4, -0.2) is 29.2 Å². The Kier molecular flexibility index (Phi) is 4.92. The van der Waals surface area contributed by atoms with Crippen LogP contribution in [0.5, 0.6) is 0 Å². The topological polar surface area (TPSA) is 20.3 Å². The van der Waals surface area contributed by atoms with Gasteiger partial charge < -0.3 is 4.90 Å². The van der Waals surface area contributed by atoms with Crippen LogP contribution in [0.15, 0.2) is 22.7 Å². The monoisotopic (exact) mass is 351 g/mol. The van der Waals surface area contributed by atoms with E-state index in [0.29, 0.717) is 16.6 Å². The molecule has 88 valence electrons. The number of amides is 1. The number of nitrogens with zero attached hydrogens (tertiary/aromatic N) is 1. The van der Waals surface area contributed by atoms with Gasteiger partial charge in [-0.3, -0.25) is 4.79 Å². The van der Waals surface area contributed by atoms with Crippen molar-refractivity contribution < 1.29 is 9.18 Å². The summed E-state index contributed by atoms with van der Waals surface area (Å²) in [5.41, 5.74) is 0.469. The zero-order valence-electron chi connectivity index (χ0n) is 9.01. The summed E-state index contributed by atoms with van der Waals surface area (Å²) in [4.78, 5) is 13.8. The second-order valence-electron chi connectivity index (χ2n) is 3.59. The number of hydrogen-bond acceptors (Lipinski definition) is 1. The molecule has 1 aromatic carbocycles. The van der Waals surface area contributed by atoms with E-state index in [4.69, 9.17) is 0 Å². The van der Waals surface area contributed by atoms with Crippen LogP contribution in [0.3, 0.4) is 0 Å². The zero-order valence-corrected chi connectivity index (χ0v) is 12.2. The van der Waals surface area contributed by atoms with Crippen LogP contribution in [0, 0.1) is 5.82 Å². The summed E-state index contributed by atoms with van der Waals surface area (Å²) >= 11 is 6.56. The van der Waals surface area contributed by atoms with Crippen molar-refractivity contribution in [3.8, 4) is 0 Å². The van der Waals surface area contributed by atoms with Crippen molar-refractivity contribution in [2.45, 2.75) is 11.8 Å². The van der Waals surface area contributed by atoms with Gasteiger partial charge in [0, 0.05) is 22.9 Å². The van der Waals surface area contributed by atoms with Gasteiger partial charge in [-0.25, -0.2) is 4.39 Å². The molecule has 0 heterocycles. The largest absolute Gasteiger partial charge is 0.341 e. The van der Waals surface area contributed by atoms with Gasteiger partial charge in [0.1, 0.15) is 5.82 Å². The lowest BCUT2D eigenvalue weighted by atomic mass is 10.2. The highest BCUT2D eigenvalue weighted by atomic mass is 79.9. The molecule has 1 amide bonds. The molecule has 1 aromatic rings. The van der Waals surface area contributed by atoms with E-state index in [1.54, 1.807) is 11.9 Å². The predicted molar refractivity (Wildman–Crippen MR) is 69.4 cm³/mol. The predicted octanol–water partition coefficient (Wildman–Crippen LogP) is 3.44. The molecule has 0 radical (unpaired) electrons. The second kappa shape index (κ2) is 5.77. The molecule has 0 aromatic heterocycles. The highest BCUT2D eigenvalue weighted by Gasteiger charge is 2.16. The molecule has 0 saturated heterocycles. The molecule has 1 rings (SSSR count). The minimum atomic E-state index is -0.361. The van der Waals surface area contributed by atoms with Gasteiger partial charge in [-0.05, 0) is 34.1 Å². The molecule has 0 aliphatic carbocycles. The van der Waals surface area contributed by atoms with Crippen molar-refractivity contribution in [2.24, 2.45) is 0 Å².